The van der Waals surface area contributed by atoms with Crippen LogP contribution in [0.15, 0.2) is 83.0 Å². The van der Waals surface area contributed by atoms with Crippen molar-refractivity contribution < 1.29 is 19.4 Å². The molecule has 0 atom stereocenters. The third-order valence-corrected chi connectivity index (χ3v) is 4.26. The van der Waals surface area contributed by atoms with Crippen LogP contribution in [0.4, 0.5) is 0 Å². The number of hydrogen-bond acceptors (Lipinski definition) is 6. The van der Waals surface area contributed by atoms with Gasteiger partial charge in [-0.15, -0.1) is 0 Å². The number of amides is 2. The number of rotatable bonds is 8. The van der Waals surface area contributed by atoms with Crippen LogP contribution in [0.5, 0.6) is 11.5 Å². The van der Waals surface area contributed by atoms with Gasteiger partial charge in [0.25, 0.3) is 11.8 Å². The molecule has 0 aliphatic carbocycles. The maximum absolute atomic E-state index is 12.1. The van der Waals surface area contributed by atoms with E-state index in [2.05, 4.69) is 21.1 Å². The van der Waals surface area contributed by atoms with Crippen LogP contribution in [0, 0.1) is 0 Å². The number of ether oxygens (including phenoxy) is 1. The van der Waals surface area contributed by atoms with E-state index in [1.807, 2.05) is 19.1 Å². The highest BCUT2D eigenvalue weighted by Crippen LogP contribution is 2.26. The first-order valence-corrected chi connectivity index (χ1v) is 9.85. The summed E-state index contributed by atoms with van der Waals surface area (Å²) in [5, 5.41) is 18.4. The van der Waals surface area contributed by atoms with Gasteiger partial charge in [0.2, 0.25) is 0 Å². The van der Waals surface area contributed by atoms with Gasteiger partial charge in [-0.3, -0.25) is 9.59 Å². The van der Waals surface area contributed by atoms with Crippen molar-refractivity contribution in [2.75, 3.05) is 6.61 Å². The summed E-state index contributed by atoms with van der Waals surface area (Å²) in [5.41, 5.74) is 6.35. The molecule has 8 heteroatoms. The van der Waals surface area contributed by atoms with Crippen molar-refractivity contribution in [2.24, 2.45) is 10.2 Å². The summed E-state index contributed by atoms with van der Waals surface area (Å²) in [6, 6.07) is 20.4. The van der Waals surface area contributed by atoms with Crippen LogP contribution in [0.3, 0.4) is 0 Å². The summed E-state index contributed by atoms with van der Waals surface area (Å²) in [5.74, 6) is -0.429. The van der Waals surface area contributed by atoms with E-state index < -0.39 is 0 Å². The van der Waals surface area contributed by atoms with E-state index in [-0.39, 0.29) is 17.6 Å². The molecule has 3 rings (SSSR count). The van der Waals surface area contributed by atoms with Crippen LogP contribution in [0.1, 0.15) is 38.8 Å². The number of phenolic OH excluding ortho intramolecular Hbond substituents is 1. The second kappa shape index (κ2) is 11.1. The van der Waals surface area contributed by atoms with Crippen LogP contribution in [-0.2, 0) is 0 Å². The number of nitrogens with one attached hydrogen (secondary N) is 2. The molecule has 0 aliphatic heterocycles. The minimum atomic E-state index is -0.382. The predicted octanol–water partition coefficient (Wildman–Crippen LogP) is 3.32. The Balaban J connectivity index is 1.75. The van der Waals surface area contributed by atoms with Gasteiger partial charge in [-0.1, -0.05) is 36.4 Å². The molecule has 0 aliphatic rings. The molecule has 3 aromatic rings. The van der Waals surface area contributed by atoms with Crippen molar-refractivity contribution in [1.29, 1.82) is 0 Å². The van der Waals surface area contributed by atoms with E-state index in [1.165, 1.54) is 12.4 Å². The van der Waals surface area contributed by atoms with Crippen molar-refractivity contribution in [3.63, 3.8) is 0 Å². The highest BCUT2D eigenvalue weighted by atomic mass is 16.5. The van der Waals surface area contributed by atoms with Crippen molar-refractivity contribution in [3.8, 4) is 11.5 Å². The fourth-order valence-electron chi connectivity index (χ4n) is 2.73. The van der Waals surface area contributed by atoms with Crippen LogP contribution < -0.4 is 15.6 Å². The zero-order valence-corrected chi connectivity index (χ0v) is 17.4. The van der Waals surface area contributed by atoms with Gasteiger partial charge >= 0.3 is 0 Å². The molecular formula is C24H22N4O4. The number of phenols is 1. The normalized spacial score (nSPS) is 10.9. The molecule has 0 fully saturated rings. The first-order valence-electron chi connectivity index (χ1n) is 9.85. The Labute approximate surface area is 185 Å². The Hall–Kier alpha value is -4.46. The molecule has 3 N–H and O–H groups in total. The van der Waals surface area contributed by atoms with E-state index in [9.17, 15) is 14.7 Å². The minimum Gasteiger partial charge on any atom is -0.507 e. The fraction of sp³-hybridized carbons (Fsp3) is 0.0833. The third-order valence-electron chi connectivity index (χ3n) is 4.26. The number of hydrazone groups is 2. The summed E-state index contributed by atoms with van der Waals surface area (Å²) >= 11 is 0. The Morgan fingerprint density at radius 2 is 1.28 bits per heavy atom. The van der Waals surface area contributed by atoms with Crippen LogP contribution in [-0.4, -0.2) is 36.0 Å². The lowest BCUT2D eigenvalue weighted by Gasteiger charge is -2.09. The Morgan fingerprint density at radius 3 is 1.69 bits per heavy atom. The number of aromatic hydroxyl groups is 1. The van der Waals surface area contributed by atoms with Crippen molar-refractivity contribution in [2.45, 2.75) is 6.92 Å². The van der Waals surface area contributed by atoms with Gasteiger partial charge in [-0.2, -0.15) is 10.2 Å². The lowest BCUT2D eigenvalue weighted by Crippen LogP contribution is -2.17. The molecule has 32 heavy (non-hydrogen) atoms. The van der Waals surface area contributed by atoms with Gasteiger partial charge in [0.1, 0.15) is 11.5 Å². The molecule has 2 amide bonds. The molecule has 0 spiro atoms. The van der Waals surface area contributed by atoms with Gasteiger partial charge in [-0.25, -0.2) is 10.9 Å². The van der Waals surface area contributed by atoms with Crippen molar-refractivity contribution in [3.05, 3.63) is 95.1 Å². The molecule has 3 aromatic carbocycles. The van der Waals surface area contributed by atoms with Gasteiger partial charge in [-0.05, 0) is 43.3 Å². The maximum Gasteiger partial charge on any atom is 0.271 e. The molecule has 0 heterocycles. The third kappa shape index (κ3) is 6.02. The van der Waals surface area contributed by atoms with Crippen LogP contribution in [0.25, 0.3) is 0 Å². The maximum atomic E-state index is 12.1. The summed E-state index contributed by atoms with van der Waals surface area (Å²) < 4.78 is 5.53. The average Bonchev–Trinajstić information content (AvgIpc) is 2.82. The van der Waals surface area contributed by atoms with Crippen molar-refractivity contribution in [1.82, 2.24) is 10.9 Å². The largest absolute Gasteiger partial charge is 0.507 e. The zero-order chi connectivity index (χ0) is 22.8. The lowest BCUT2D eigenvalue weighted by atomic mass is 10.1. The summed E-state index contributed by atoms with van der Waals surface area (Å²) in [7, 11) is 0. The smallest absolute Gasteiger partial charge is 0.271 e. The number of benzene rings is 3. The predicted molar refractivity (Wildman–Crippen MR) is 122 cm³/mol. The van der Waals surface area contributed by atoms with Crippen LogP contribution in [0.2, 0.25) is 0 Å². The number of carbonyl (C=O) groups excluding carboxylic acids is 2. The molecule has 8 nitrogen and oxygen atoms in total. The van der Waals surface area contributed by atoms with Gasteiger partial charge in [0.05, 0.1) is 19.0 Å². The van der Waals surface area contributed by atoms with Crippen LogP contribution >= 0.6 is 0 Å². The average molecular weight is 430 g/mol. The topological polar surface area (TPSA) is 112 Å². The molecule has 0 unspecified atom stereocenters. The second-order valence-electron chi connectivity index (χ2n) is 6.51. The van der Waals surface area contributed by atoms with Gasteiger partial charge in [0.15, 0.2) is 0 Å². The molecule has 0 bridgehead atoms. The van der Waals surface area contributed by atoms with E-state index in [1.54, 1.807) is 60.7 Å². The number of carbonyl (C=O) groups is 2. The molecule has 0 saturated carbocycles. The first-order chi connectivity index (χ1) is 15.6. The SMILES string of the molecule is CCOc1cc(C=NNC(=O)c2ccccc2)c(O)c(C=NNC(=O)c2ccccc2)c1. The fourth-order valence-corrected chi connectivity index (χ4v) is 2.73. The number of nitrogens with zero attached hydrogens (tertiary/aromatic N) is 2. The van der Waals surface area contributed by atoms with Gasteiger partial charge in [0, 0.05) is 22.3 Å². The van der Waals surface area contributed by atoms with Crippen molar-refractivity contribution >= 4 is 24.2 Å². The zero-order valence-electron chi connectivity index (χ0n) is 17.4. The number of hydrogen-bond donors (Lipinski definition) is 3. The monoisotopic (exact) mass is 430 g/mol. The molecule has 0 saturated heterocycles. The molecule has 0 aromatic heterocycles. The van der Waals surface area contributed by atoms with E-state index >= 15 is 0 Å². The lowest BCUT2D eigenvalue weighted by molar-refractivity contribution is 0.0947. The summed E-state index contributed by atoms with van der Waals surface area (Å²) in [6.45, 7) is 2.24. The second-order valence-corrected chi connectivity index (χ2v) is 6.51. The summed E-state index contributed by atoms with van der Waals surface area (Å²) in [6.07, 6.45) is 2.61. The van der Waals surface area contributed by atoms with E-state index in [0.29, 0.717) is 34.6 Å². The Kier molecular flexibility index (Phi) is 7.69. The molecule has 162 valence electrons. The highest BCUT2D eigenvalue weighted by Gasteiger charge is 2.10. The first kappa shape index (κ1) is 22.2. The Morgan fingerprint density at radius 1 is 0.844 bits per heavy atom. The highest BCUT2D eigenvalue weighted by molar-refractivity contribution is 5.97. The Bertz CT molecular complexity index is 1040. The summed E-state index contributed by atoms with van der Waals surface area (Å²) in [4.78, 5) is 24.2. The quantitative estimate of drug-likeness (QED) is 0.376. The molecule has 0 radical (unpaired) electrons. The molecular weight excluding hydrogens is 408 g/mol. The minimum absolute atomic E-state index is 0.135. The van der Waals surface area contributed by atoms with E-state index in [0.717, 1.165) is 0 Å². The standard InChI is InChI=1S/C24H22N4O4/c1-2-32-21-13-19(15-25-27-23(30)17-9-5-3-6-10-17)22(29)20(14-21)16-26-28-24(31)18-11-7-4-8-12-18/h3-16,29H,2H2,1H3,(H,27,30)(H,28,31). The van der Waals surface area contributed by atoms with Gasteiger partial charge < -0.3 is 9.84 Å². The van der Waals surface area contributed by atoms with E-state index in [4.69, 9.17) is 4.74 Å².